The summed E-state index contributed by atoms with van der Waals surface area (Å²) in [7, 11) is 0. The minimum absolute atomic E-state index is 0.0995. The Balaban J connectivity index is 1.92. The van der Waals surface area contributed by atoms with Crippen LogP contribution in [0.15, 0.2) is 24.3 Å². The Hall–Kier alpha value is -1.55. The number of nitrogens with zero attached hydrogens (tertiary/aromatic N) is 1. The second kappa shape index (κ2) is 7.29. The van der Waals surface area contributed by atoms with Crippen molar-refractivity contribution in [3.8, 4) is 0 Å². The molecule has 1 atom stereocenters. The van der Waals surface area contributed by atoms with Crippen molar-refractivity contribution in [3.05, 3.63) is 24.3 Å². The van der Waals surface area contributed by atoms with Crippen LogP contribution in [0.5, 0.6) is 0 Å². The molecule has 1 unspecified atom stereocenters. The summed E-state index contributed by atoms with van der Waals surface area (Å²) < 4.78 is 0. The van der Waals surface area contributed by atoms with Crippen LogP contribution in [-0.2, 0) is 4.79 Å². The summed E-state index contributed by atoms with van der Waals surface area (Å²) in [4.78, 5) is 14.2. The predicted octanol–water partition coefficient (Wildman–Crippen LogP) is 2.74. The molecule has 0 aromatic heterocycles. The zero-order valence-electron chi connectivity index (χ0n) is 12.3. The first kappa shape index (κ1) is 14.9. The van der Waals surface area contributed by atoms with Crippen LogP contribution in [0.25, 0.3) is 0 Å². The van der Waals surface area contributed by atoms with Gasteiger partial charge < -0.3 is 16.0 Å². The Kier molecular flexibility index (Phi) is 5.41. The summed E-state index contributed by atoms with van der Waals surface area (Å²) in [5, 5.41) is 2.87. The molecular weight excluding hydrogens is 250 g/mol. The molecule has 1 amide bonds. The number of carbonyl (C=O) groups excluding carboxylic acids is 1. The maximum atomic E-state index is 11.8. The average Bonchev–Trinajstić information content (AvgIpc) is 2.49. The van der Waals surface area contributed by atoms with Gasteiger partial charge in [-0.2, -0.15) is 0 Å². The van der Waals surface area contributed by atoms with Gasteiger partial charge in [0.2, 0.25) is 5.91 Å². The van der Waals surface area contributed by atoms with Crippen LogP contribution in [0.4, 0.5) is 11.4 Å². The molecule has 1 heterocycles. The van der Waals surface area contributed by atoms with E-state index in [1.165, 1.54) is 24.9 Å². The quantitative estimate of drug-likeness (QED) is 0.868. The van der Waals surface area contributed by atoms with Crippen molar-refractivity contribution in [1.29, 1.82) is 0 Å². The molecule has 1 aromatic carbocycles. The van der Waals surface area contributed by atoms with Crippen molar-refractivity contribution in [3.63, 3.8) is 0 Å². The minimum Gasteiger partial charge on any atom is -0.372 e. The van der Waals surface area contributed by atoms with E-state index in [9.17, 15) is 4.79 Å². The lowest BCUT2D eigenvalue weighted by Crippen LogP contribution is -2.35. The van der Waals surface area contributed by atoms with Gasteiger partial charge in [-0.15, -0.1) is 0 Å². The van der Waals surface area contributed by atoms with Gasteiger partial charge in [0, 0.05) is 24.5 Å². The molecule has 2 rings (SSSR count). The second-order valence-corrected chi connectivity index (χ2v) is 5.48. The molecule has 0 saturated carbocycles. The Labute approximate surface area is 121 Å². The summed E-state index contributed by atoms with van der Waals surface area (Å²) in [6.45, 7) is 4.29. The van der Waals surface area contributed by atoms with E-state index in [4.69, 9.17) is 5.73 Å². The van der Waals surface area contributed by atoms with Crippen molar-refractivity contribution < 1.29 is 4.79 Å². The molecule has 110 valence electrons. The Morgan fingerprint density at radius 3 is 2.50 bits per heavy atom. The SMILES string of the molecule is CCCC(N)C(=O)Nc1ccc(N2CCCCC2)cc1. The van der Waals surface area contributed by atoms with Crippen LogP contribution in [0, 0.1) is 0 Å². The standard InChI is InChI=1S/C16H25N3O/c1-2-6-15(17)16(20)18-13-7-9-14(10-8-13)19-11-4-3-5-12-19/h7-10,15H,2-6,11-12,17H2,1H3,(H,18,20). The number of anilines is 2. The Morgan fingerprint density at radius 2 is 1.90 bits per heavy atom. The zero-order chi connectivity index (χ0) is 14.4. The van der Waals surface area contributed by atoms with Gasteiger partial charge in [-0.3, -0.25) is 4.79 Å². The topological polar surface area (TPSA) is 58.4 Å². The Morgan fingerprint density at radius 1 is 1.25 bits per heavy atom. The maximum Gasteiger partial charge on any atom is 0.241 e. The third kappa shape index (κ3) is 3.97. The fourth-order valence-electron chi connectivity index (χ4n) is 2.58. The van der Waals surface area contributed by atoms with Crippen LogP contribution < -0.4 is 16.0 Å². The smallest absolute Gasteiger partial charge is 0.241 e. The van der Waals surface area contributed by atoms with Crippen molar-refractivity contribution in [2.24, 2.45) is 5.73 Å². The largest absolute Gasteiger partial charge is 0.372 e. The van der Waals surface area contributed by atoms with Gasteiger partial charge in [0.1, 0.15) is 0 Å². The molecule has 4 heteroatoms. The molecule has 0 aliphatic carbocycles. The number of piperidine rings is 1. The first-order chi connectivity index (χ1) is 9.70. The van der Waals surface area contributed by atoms with Crippen LogP contribution in [0.3, 0.4) is 0 Å². The van der Waals surface area contributed by atoms with E-state index < -0.39 is 6.04 Å². The predicted molar refractivity (Wildman–Crippen MR) is 84.0 cm³/mol. The molecule has 1 fully saturated rings. The number of hydrogen-bond donors (Lipinski definition) is 2. The van der Waals surface area contributed by atoms with Gasteiger partial charge in [0.05, 0.1) is 6.04 Å². The van der Waals surface area contributed by atoms with Crippen molar-refractivity contribution >= 4 is 17.3 Å². The first-order valence-electron chi connectivity index (χ1n) is 7.62. The molecule has 4 nitrogen and oxygen atoms in total. The average molecular weight is 275 g/mol. The normalized spacial score (nSPS) is 16.8. The van der Waals surface area contributed by atoms with Crippen molar-refractivity contribution in [2.75, 3.05) is 23.3 Å². The van der Waals surface area contributed by atoms with E-state index in [1.807, 2.05) is 19.1 Å². The molecule has 3 N–H and O–H groups in total. The highest BCUT2D eigenvalue weighted by molar-refractivity contribution is 5.94. The molecule has 0 spiro atoms. The first-order valence-corrected chi connectivity index (χ1v) is 7.62. The van der Waals surface area contributed by atoms with Gasteiger partial charge in [0.25, 0.3) is 0 Å². The summed E-state index contributed by atoms with van der Waals surface area (Å²) in [5.41, 5.74) is 7.86. The number of amides is 1. The lowest BCUT2D eigenvalue weighted by Gasteiger charge is -2.28. The number of nitrogens with one attached hydrogen (secondary N) is 1. The van der Waals surface area contributed by atoms with E-state index in [2.05, 4.69) is 22.3 Å². The molecule has 1 aliphatic heterocycles. The van der Waals surface area contributed by atoms with Crippen molar-refractivity contribution in [2.45, 2.75) is 45.1 Å². The van der Waals surface area contributed by atoms with Gasteiger partial charge in [0.15, 0.2) is 0 Å². The van der Waals surface area contributed by atoms with E-state index in [0.717, 1.165) is 31.6 Å². The zero-order valence-corrected chi connectivity index (χ0v) is 12.3. The van der Waals surface area contributed by atoms with E-state index in [-0.39, 0.29) is 5.91 Å². The number of carbonyl (C=O) groups is 1. The molecule has 0 radical (unpaired) electrons. The van der Waals surface area contributed by atoms with Gasteiger partial charge in [-0.1, -0.05) is 13.3 Å². The maximum absolute atomic E-state index is 11.8. The molecule has 1 aromatic rings. The third-order valence-corrected chi connectivity index (χ3v) is 3.79. The van der Waals surface area contributed by atoms with Gasteiger partial charge in [-0.05, 0) is 49.9 Å². The van der Waals surface area contributed by atoms with Crippen LogP contribution in [0.1, 0.15) is 39.0 Å². The summed E-state index contributed by atoms with van der Waals surface area (Å²) >= 11 is 0. The highest BCUT2D eigenvalue weighted by Crippen LogP contribution is 2.21. The van der Waals surface area contributed by atoms with Gasteiger partial charge >= 0.3 is 0 Å². The van der Waals surface area contributed by atoms with Crippen LogP contribution >= 0.6 is 0 Å². The molecular formula is C16H25N3O. The Bertz CT molecular complexity index is 424. The summed E-state index contributed by atoms with van der Waals surface area (Å²) in [6.07, 6.45) is 5.51. The molecule has 1 aliphatic rings. The third-order valence-electron chi connectivity index (χ3n) is 3.79. The van der Waals surface area contributed by atoms with Crippen LogP contribution in [-0.4, -0.2) is 25.0 Å². The van der Waals surface area contributed by atoms with Gasteiger partial charge in [-0.25, -0.2) is 0 Å². The second-order valence-electron chi connectivity index (χ2n) is 5.48. The molecule has 20 heavy (non-hydrogen) atoms. The van der Waals surface area contributed by atoms with Crippen molar-refractivity contribution in [1.82, 2.24) is 0 Å². The molecule has 1 saturated heterocycles. The summed E-state index contributed by atoms with van der Waals surface area (Å²) in [6, 6.07) is 7.65. The highest BCUT2D eigenvalue weighted by atomic mass is 16.2. The van der Waals surface area contributed by atoms with Crippen LogP contribution in [0.2, 0.25) is 0 Å². The van der Waals surface area contributed by atoms with E-state index >= 15 is 0 Å². The number of rotatable bonds is 5. The van der Waals surface area contributed by atoms with E-state index in [0.29, 0.717) is 0 Å². The molecule has 0 bridgehead atoms. The number of benzene rings is 1. The fourth-order valence-corrected chi connectivity index (χ4v) is 2.58. The minimum atomic E-state index is -0.415. The monoisotopic (exact) mass is 275 g/mol. The number of nitrogens with two attached hydrogens (primary N) is 1. The summed E-state index contributed by atoms with van der Waals surface area (Å²) in [5.74, 6) is -0.0995. The highest BCUT2D eigenvalue weighted by Gasteiger charge is 2.13. The number of hydrogen-bond acceptors (Lipinski definition) is 3. The van der Waals surface area contributed by atoms with E-state index in [1.54, 1.807) is 0 Å². The fraction of sp³-hybridized carbons (Fsp3) is 0.562. The lowest BCUT2D eigenvalue weighted by molar-refractivity contribution is -0.117. The lowest BCUT2D eigenvalue weighted by atomic mass is 10.1.